The molecular formula is C31H48N6S. The van der Waals surface area contributed by atoms with Crippen molar-refractivity contribution in [2.75, 3.05) is 53.4 Å². The monoisotopic (exact) mass is 536 g/mol. The van der Waals surface area contributed by atoms with Gasteiger partial charge in [0.05, 0.1) is 19.1 Å². The van der Waals surface area contributed by atoms with E-state index in [1.165, 1.54) is 24.6 Å². The summed E-state index contributed by atoms with van der Waals surface area (Å²) in [6.45, 7) is 21.4. The molecule has 38 heavy (non-hydrogen) atoms. The highest BCUT2D eigenvalue weighted by atomic mass is 32.2. The van der Waals surface area contributed by atoms with E-state index in [0.29, 0.717) is 13.1 Å². The highest BCUT2D eigenvalue weighted by Crippen LogP contribution is 2.22. The predicted octanol–water partition coefficient (Wildman–Crippen LogP) is 5.24. The van der Waals surface area contributed by atoms with Crippen LogP contribution in [0, 0.1) is 17.8 Å². The number of hydrazone groups is 1. The summed E-state index contributed by atoms with van der Waals surface area (Å²) in [5.41, 5.74) is 0.872. The summed E-state index contributed by atoms with van der Waals surface area (Å²) in [5.74, 6) is 7.09. The Labute approximate surface area is 236 Å². The van der Waals surface area contributed by atoms with Gasteiger partial charge >= 0.3 is 0 Å². The van der Waals surface area contributed by atoms with Crippen LogP contribution >= 0.6 is 11.8 Å². The smallest absolute Gasteiger partial charge is 0.118 e. The number of thioether (sulfide) groups is 1. The van der Waals surface area contributed by atoms with E-state index >= 15 is 0 Å². The maximum absolute atomic E-state index is 4.93. The van der Waals surface area contributed by atoms with Gasteiger partial charge in [0, 0.05) is 31.3 Å². The van der Waals surface area contributed by atoms with Gasteiger partial charge in [0.15, 0.2) is 0 Å². The SMILES string of the molecule is C=C/C=C\SC(=C)C(=C)CN=C(NCCN1CCCC1)C(C#CCNC)/C=N\N(C)C(C=CC)/C=C\CC. The van der Waals surface area contributed by atoms with Gasteiger partial charge in [-0.2, -0.15) is 5.10 Å². The zero-order chi connectivity index (χ0) is 28.0. The number of aliphatic imine (C=N–C) groups is 1. The molecule has 0 saturated carbocycles. The lowest BCUT2D eigenvalue weighted by Gasteiger charge is -2.21. The van der Waals surface area contributed by atoms with Crippen LogP contribution in [0.1, 0.15) is 33.1 Å². The van der Waals surface area contributed by atoms with Gasteiger partial charge < -0.3 is 15.5 Å². The molecule has 0 amide bonds. The zero-order valence-electron chi connectivity index (χ0n) is 24.0. The molecule has 0 bridgehead atoms. The molecule has 2 N–H and O–H groups in total. The van der Waals surface area contributed by atoms with Crippen molar-refractivity contribution in [3.8, 4) is 11.8 Å². The molecule has 0 aromatic carbocycles. The minimum absolute atomic E-state index is 0.0781. The number of hydrogen-bond donors (Lipinski definition) is 2. The second-order valence-electron chi connectivity index (χ2n) is 8.91. The van der Waals surface area contributed by atoms with Crippen molar-refractivity contribution in [1.82, 2.24) is 20.5 Å². The van der Waals surface area contributed by atoms with E-state index in [2.05, 4.69) is 78.3 Å². The number of amidine groups is 1. The van der Waals surface area contributed by atoms with Gasteiger partial charge in [0.25, 0.3) is 0 Å². The van der Waals surface area contributed by atoms with Gasteiger partial charge in [0.1, 0.15) is 11.8 Å². The van der Waals surface area contributed by atoms with Crippen LogP contribution in [0.25, 0.3) is 0 Å². The summed E-state index contributed by atoms with van der Waals surface area (Å²) in [7, 11) is 3.88. The molecule has 0 spiro atoms. The minimum Gasteiger partial charge on any atom is -0.371 e. The molecule has 1 rings (SSSR count). The largest absolute Gasteiger partial charge is 0.371 e. The maximum Gasteiger partial charge on any atom is 0.118 e. The fourth-order valence-electron chi connectivity index (χ4n) is 3.60. The summed E-state index contributed by atoms with van der Waals surface area (Å²) >= 11 is 1.52. The normalized spacial score (nSPS) is 16.3. The van der Waals surface area contributed by atoms with Crippen LogP contribution < -0.4 is 10.6 Å². The van der Waals surface area contributed by atoms with Crippen molar-refractivity contribution in [2.24, 2.45) is 16.0 Å². The molecule has 2 unspecified atom stereocenters. The van der Waals surface area contributed by atoms with Crippen molar-refractivity contribution >= 4 is 23.8 Å². The molecule has 0 aromatic rings. The van der Waals surface area contributed by atoms with E-state index in [4.69, 9.17) is 10.1 Å². The van der Waals surface area contributed by atoms with Crippen LogP contribution in [0.2, 0.25) is 0 Å². The van der Waals surface area contributed by atoms with E-state index < -0.39 is 0 Å². The average Bonchev–Trinajstić information content (AvgIpc) is 3.44. The lowest BCUT2D eigenvalue weighted by Crippen LogP contribution is -2.38. The number of nitrogens with one attached hydrogen (secondary N) is 2. The van der Waals surface area contributed by atoms with Crippen molar-refractivity contribution in [1.29, 1.82) is 0 Å². The lowest BCUT2D eigenvalue weighted by atomic mass is 10.1. The van der Waals surface area contributed by atoms with Crippen LogP contribution in [0.15, 0.2) is 82.2 Å². The van der Waals surface area contributed by atoms with E-state index in [1.54, 1.807) is 6.08 Å². The Hall–Kier alpha value is -2.79. The zero-order valence-corrected chi connectivity index (χ0v) is 24.8. The second kappa shape index (κ2) is 21.2. The number of rotatable bonds is 17. The molecule has 6 nitrogen and oxygen atoms in total. The van der Waals surface area contributed by atoms with Crippen LogP contribution in [-0.2, 0) is 0 Å². The Bertz CT molecular complexity index is 928. The van der Waals surface area contributed by atoms with Crippen molar-refractivity contribution in [3.63, 3.8) is 0 Å². The van der Waals surface area contributed by atoms with Crippen molar-refractivity contribution in [2.45, 2.75) is 39.2 Å². The molecule has 0 aliphatic carbocycles. The van der Waals surface area contributed by atoms with Crippen LogP contribution in [-0.4, -0.2) is 81.4 Å². The molecule has 1 aliphatic heterocycles. The lowest BCUT2D eigenvalue weighted by molar-refractivity contribution is 0.337. The highest BCUT2D eigenvalue weighted by Gasteiger charge is 2.15. The van der Waals surface area contributed by atoms with Gasteiger partial charge in [-0.25, -0.2) is 0 Å². The number of nitrogens with zero attached hydrogens (tertiary/aromatic N) is 4. The van der Waals surface area contributed by atoms with Crippen molar-refractivity contribution in [3.05, 3.63) is 72.1 Å². The molecule has 1 heterocycles. The maximum atomic E-state index is 4.93. The molecule has 1 aliphatic rings. The summed E-state index contributed by atoms with van der Waals surface area (Å²) in [6, 6.07) is 0.0781. The predicted molar refractivity (Wildman–Crippen MR) is 171 cm³/mol. The Morgan fingerprint density at radius 3 is 2.66 bits per heavy atom. The number of allylic oxidation sites excluding steroid dienone is 4. The Balaban J connectivity index is 3.17. The third kappa shape index (κ3) is 14.2. The summed E-state index contributed by atoms with van der Waals surface area (Å²) in [4.78, 5) is 8.30. The fourth-order valence-corrected chi connectivity index (χ4v) is 4.19. The van der Waals surface area contributed by atoms with Gasteiger partial charge in [0.2, 0.25) is 0 Å². The molecule has 2 atom stereocenters. The Morgan fingerprint density at radius 1 is 1.24 bits per heavy atom. The average molecular weight is 537 g/mol. The molecule has 1 saturated heterocycles. The standard InChI is InChI=1S/C31H48N6S/c1-8-11-18-30(16-10-3)36(7)35-26-29(17-15-19-32-6)31(33-20-23-37-21-13-14-22-37)34-25-27(4)28(5)38-24-12-9-2/h9-12,16,18,24,26,29-30,32H,2,4-5,8,13-14,19-23,25H2,1,3,6-7H3,(H,33,34)/b16-10?,18-11-,24-12-,35-26-. The second-order valence-corrected chi connectivity index (χ2v) is 9.91. The Morgan fingerprint density at radius 2 is 2.00 bits per heavy atom. The third-order valence-corrected chi connectivity index (χ3v) is 6.66. The molecule has 7 heteroatoms. The Kier molecular flexibility index (Phi) is 18.5. The van der Waals surface area contributed by atoms with E-state index in [0.717, 1.165) is 48.9 Å². The van der Waals surface area contributed by atoms with Crippen LogP contribution in [0.3, 0.4) is 0 Å². The van der Waals surface area contributed by atoms with Crippen molar-refractivity contribution < 1.29 is 0 Å². The van der Waals surface area contributed by atoms with Gasteiger partial charge in [-0.05, 0) is 57.3 Å². The summed E-state index contributed by atoms with van der Waals surface area (Å²) in [6.07, 6.45) is 17.6. The summed E-state index contributed by atoms with van der Waals surface area (Å²) in [5, 5.41) is 15.4. The summed E-state index contributed by atoms with van der Waals surface area (Å²) < 4.78 is 0. The first-order chi connectivity index (χ1) is 18.5. The quantitative estimate of drug-likeness (QED) is 0.0665. The van der Waals surface area contributed by atoms with Gasteiger partial charge in [-0.3, -0.25) is 10.0 Å². The van der Waals surface area contributed by atoms with E-state index in [9.17, 15) is 0 Å². The van der Waals surface area contributed by atoms with Gasteiger partial charge in [-0.15, -0.1) is 0 Å². The molecule has 208 valence electrons. The first kappa shape index (κ1) is 33.2. The molecule has 0 radical (unpaired) electrons. The highest BCUT2D eigenvalue weighted by molar-refractivity contribution is 8.06. The number of hydrogen-bond acceptors (Lipinski definition) is 6. The fraction of sp³-hybridized carbons (Fsp3) is 0.484. The van der Waals surface area contributed by atoms with Gasteiger partial charge in [-0.1, -0.05) is 86.7 Å². The first-order valence-electron chi connectivity index (χ1n) is 13.5. The van der Waals surface area contributed by atoms with Crippen LogP contribution in [0.4, 0.5) is 0 Å². The molecule has 0 aromatic heterocycles. The third-order valence-electron chi connectivity index (χ3n) is 5.80. The minimum atomic E-state index is -0.278. The topological polar surface area (TPSA) is 55.3 Å². The van der Waals surface area contributed by atoms with E-state index in [1.807, 2.05) is 43.7 Å². The van der Waals surface area contributed by atoms with Crippen LogP contribution in [0.5, 0.6) is 0 Å². The number of likely N-dealkylation sites (tertiary alicyclic amines) is 1. The first-order valence-corrected chi connectivity index (χ1v) is 14.4. The number of likely N-dealkylation sites (N-methyl/N-ethyl adjacent to an activating group) is 1. The van der Waals surface area contributed by atoms with E-state index in [-0.39, 0.29) is 12.0 Å². The molecule has 1 fully saturated rings. The molecular weight excluding hydrogens is 488 g/mol.